The normalized spacial score (nSPS) is 13.1. The summed E-state index contributed by atoms with van der Waals surface area (Å²) in [5.74, 6) is 0.641. The molecule has 0 amide bonds. The van der Waals surface area contributed by atoms with Gasteiger partial charge in [-0.2, -0.15) is 15.0 Å². The molecule has 1 aromatic carbocycles. The van der Waals surface area contributed by atoms with Gasteiger partial charge < -0.3 is 9.13 Å². The Kier molecular flexibility index (Phi) is 13.5. The number of rotatable bonds is 24. The third-order valence-electron chi connectivity index (χ3n) is 11.0. The molecular weight excluding hydrogens is 639 g/mol. The van der Waals surface area contributed by atoms with Gasteiger partial charge >= 0.3 is 0 Å². The van der Waals surface area contributed by atoms with E-state index < -0.39 is 0 Å². The van der Waals surface area contributed by atoms with Gasteiger partial charge in [0.05, 0.1) is 38.0 Å². The standard InChI is InChI=1S/C42H63N5S2/c1-5-9-13-16-18-21-27-45-33-25-29-48-41(33)35-37-38(44-47(43-37)31-32(23-12-8-4)24-20-15-11-7-3)36-40(39(35)45)46(34-26-30-49-42(34)36)28-22-19-17-14-10-6-2/h25-26,29-30,32H,5-24,27-28,31H2,1-4H3. The summed E-state index contributed by atoms with van der Waals surface area (Å²) in [6.45, 7) is 12.3. The van der Waals surface area contributed by atoms with Crippen molar-refractivity contribution in [1.82, 2.24) is 24.1 Å². The first kappa shape index (κ1) is 36.4. The van der Waals surface area contributed by atoms with E-state index in [-0.39, 0.29) is 0 Å². The molecule has 0 aliphatic carbocycles. The monoisotopic (exact) mass is 701 g/mol. The lowest BCUT2D eigenvalue weighted by Gasteiger charge is -2.15. The molecule has 6 rings (SSSR count). The number of thiophene rings is 2. The van der Waals surface area contributed by atoms with E-state index in [2.05, 4.69) is 64.5 Å². The summed E-state index contributed by atoms with van der Waals surface area (Å²) in [6.07, 6.45) is 26.2. The molecule has 1 unspecified atom stereocenters. The van der Waals surface area contributed by atoms with Crippen LogP contribution >= 0.6 is 22.7 Å². The molecule has 0 spiro atoms. The predicted molar refractivity (Wildman–Crippen MR) is 218 cm³/mol. The second-order valence-corrected chi connectivity index (χ2v) is 16.7. The number of unbranched alkanes of at least 4 members (excludes halogenated alkanes) is 14. The molecule has 0 aliphatic rings. The Morgan fingerprint density at radius 3 is 1.45 bits per heavy atom. The molecule has 0 radical (unpaired) electrons. The van der Waals surface area contributed by atoms with Crippen LogP contribution in [0.15, 0.2) is 22.9 Å². The van der Waals surface area contributed by atoms with Crippen LogP contribution < -0.4 is 0 Å². The summed E-state index contributed by atoms with van der Waals surface area (Å²) in [5.41, 5.74) is 7.88. The number of aromatic nitrogens is 5. The molecule has 5 heterocycles. The van der Waals surface area contributed by atoms with Gasteiger partial charge in [0.2, 0.25) is 0 Å². The number of hydrogen-bond acceptors (Lipinski definition) is 4. The Labute approximate surface area is 303 Å². The highest BCUT2D eigenvalue weighted by atomic mass is 32.1. The number of aryl methyl sites for hydroxylation is 2. The minimum Gasteiger partial charge on any atom is -0.338 e. The molecule has 0 fully saturated rings. The third-order valence-corrected chi connectivity index (χ3v) is 12.9. The number of fused-ring (bicyclic) bond motifs is 10. The van der Waals surface area contributed by atoms with Crippen molar-refractivity contribution in [3.8, 4) is 0 Å². The van der Waals surface area contributed by atoms with Gasteiger partial charge in [-0.25, -0.2) is 0 Å². The van der Waals surface area contributed by atoms with Crippen LogP contribution in [0.5, 0.6) is 0 Å². The Balaban J connectivity index is 1.47. The van der Waals surface area contributed by atoms with E-state index in [0.717, 1.165) is 30.7 Å². The first-order valence-corrected chi connectivity index (χ1v) is 22.1. The van der Waals surface area contributed by atoms with Crippen LogP contribution in [0.2, 0.25) is 0 Å². The maximum Gasteiger partial charge on any atom is 0.124 e. The molecule has 1 atom stereocenters. The first-order valence-electron chi connectivity index (χ1n) is 20.4. The zero-order valence-corrected chi connectivity index (χ0v) is 32.8. The molecule has 7 heteroatoms. The van der Waals surface area contributed by atoms with Gasteiger partial charge in [0.25, 0.3) is 0 Å². The van der Waals surface area contributed by atoms with Gasteiger partial charge in [0.1, 0.15) is 11.0 Å². The van der Waals surface area contributed by atoms with Gasteiger partial charge in [0, 0.05) is 23.9 Å². The van der Waals surface area contributed by atoms with Crippen LogP contribution in [0.4, 0.5) is 0 Å². The summed E-state index contributed by atoms with van der Waals surface area (Å²) < 4.78 is 8.19. The molecule has 5 aromatic heterocycles. The van der Waals surface area contributed by atoms with Gasteiger partial charge in [-0.1, -0.05) is 130 Å². The number of hydrogen-bond donors (Lipinski definition) is 0. The zero-order valence-electron chi connectivity index (χ0n) is 31.2. The molecular formula is C42H63N5S2. The summed E-state index contributed by atoms with van der Waals surface area (Å²) in [6, 6.07) is 4.75. The SMILES string of the molecule is CCCCCCCCn1c2ccsc2c2c3nn(CC(CCCC)CCCCCC)nc3c3c4sccc4n(CCCCCCCC)c3c21. The largest absolute Gasteiger partial charge is 0.338 e. The van der Waals surface area contributed by atoms with Crippen LogP contribution in [0.3, 0.4) is 0 Å². The fourth-order valence-corrected chi connectivity index (χ4v) is 10.2. The lowest BCUT2D eigenvalue weighted by Crippen LogP contribution is -2.13. The van der Waals surface area contributed by atoms with Crippen molar-refractivity contribution >= 4 is 75.9 Å². The van der Waals surface area contributed by atoms with Crippen LogP contribution in [0.25, 0.3) is 53.3 Å². The van der Waals surface area contributed by atoms with Crippen molar-refractivity contribution < 1.29 is 0 Å². The van der Waals surface area contributed by atoms with E-state index in [9.17, 15) is 0 Å². The lowest BCUT2D eigenvalue weighted by molar-refractivity contribution is 0.330. The van der Waals surface area contributed by atoms with E-state index >= 15 is 0 Å². The molecule has 268 valence electrons. The molecule has 0 N–H and O–H groups in total. The smallest absolute Gasteiger partial charge is 0.124 e. The van der Waals surface area contributed by atoms with E-state index in [1.54, 1.807) is 0 Å². The molecule has 0 saturated carbocycles. The quantitative estimate of drug-likeness (QED) is 0.0589. The van der Waals surface area contributed by atoms with Gasteiger partial charge in [-0.15, -0.1) is 22.7 Å². The average molecular weight is 702 g/mol. The van der Waals surface area contributed by atoms with Crippen LogP contribution in [0, 0.1) is 5.92 Å². The van der Waals surface area contributed by atoms with Crippen molar-refractivity contribution in [2.45, 2.75) is 176 Å². The Morgan fingerprint density at radius 2 is 0.959 bits per heavy atom. The second-order valence-electron chi connectivity index (χ2n) is 14.9. The second kappa shape index (κ2) is 18.2. The van der Waals surface area contributed by atoms with E-state index in [1.807, 2.05) is 22.7 Å². The lowest BCUT2D eigenvalue weighted by atomic mass is 9.95. The fraction of sp³-hybridized carbons (Fsp3) is 0.667. The highest BCUT2D eigenvalue weighted by Crippen LogP contribution is 2.46. The molecule has 0 saturated heterocycles. The summed E-state index contributed by atoms with van der Waals surface area (Å²) in [7, 11) is 0. The molecule has 5 nitrogen and oxygen atoms in total. The number of benzene rings is 1. The highest BCUT2D eigenvalue weighted by Gasteiger charge is 2.27. The maximum absolute atomic E-state index is 5.46. The van der Waals surface area contributed by atoms with Crippen LogP contribution in [0.1, 0.15) is 156 Å². The number of nitrogens with zero attached hydrogens (tertiary/aromatic N) is 5. The molecule has 6 aromatic rings. The maximum atomic E-state index is 5.46. The fourth-order valence-electron chi connectivity index (χ4n) is 8.30. The first-order chi connectivity index (χ1) is 24.2. The molecule has 0 bridgehead atoms. The van der Waals surface area contributed by atoms with Gasteiger partial charge in [-0.05, 0) is 54.5 Å². The predicted octanol–water partition coefficient (Wildman–Crippen LogP) is 14.3. The topological polar surface area (TPSA) is 40.6 Å². The Hall–Kier alpha value is -2.38. The highest BCUT2D eigenvalue weighted by molar-refractivity contribution is 7.19. The van der Waals surface area contributed by atoms with Crippen molar-refractivity contribution in [2.24, 2.45) is 5.92 Å². The molecule has 49 heavy (non-hydrogen) atoms. The van der Waals surface area contributed by atoms with Gasteiger partial charge in [0.15, 0.2) is 0 Å². The van der Waals surface area contributed by atoms with Gasteiger partial charge in [-0.3, -0.25) is 0 Å². The van der Waals surface area contributed by atoms with E-state index in [4.69, 9.17) is 10.2 Å². The van der Waals surface area contributed by atoms with Crippen molar-refractivity contribution in [3.63, 3.8) is 0 Å². The van der Waals surface area contributed by atoms with Crippen LogP contribution in [-0.2, 0) is 19.6 Å². The average Bonchev–Trinajstić information content (AvgIpc) is 3.93. The zero-order chi connectivity index (χ0) is 34.0. The Bertz CT molecular complexity index is 1760. The molecule has 0 aliphatic heterocycles. The summed E-state index contributed by atoms with van der Waals surface area (Å²) in [5, 5.41) is 18.2. The minimum absolute atomic E-state index is 0.641. The van der Waals surface area contributed by atoms with Crippen molar-refractivity contribution in [1.29, 1.82) is 0 Å². The van der Waals surface area contributed by atoms with E-state index in [1.165, 1.54) is 171 Å². The van der Waals surface area contributed by atoms with Crippen LogP contribution in [-0.4, -0.2) is 24.1 Å². The minimum atomic E-state index is 0.641. The van der Waals surface area contributed by atoms with Crippen molar-refractivity contribution in [3.05, 3.63) is 22.9 Å². The Morgan fingerprint density at radius 1 is 0.531 bits per heavy atom. The van der Waals surface area contributed by atoms with E-state index in [0.29, 0.717) is 5.92 Å². The van der Waals surface area contributed by atoms with Crippen molar-refractivity contribution in [2.75, 3.05) is 0 Å². The summed E-state index contributed by atoms with van der Waals surface area (Å²) >= 11 is 3.80. The summed E-state index contributed by atoms with van der Waals surface area (Å²) in [4.78, 5) is 2.12. The third kappa shape index (κ3) is 8.08.